The van der Waals surface area contributed by atoms with Crippen LogP contribution in [0.25, 0.3) is 0 Å². The molecule has 1 aliphatic rings. The maximum absolute atomic E-state index is 11.3. The van der Waals surface area contributed by atoms with Gasteiger partial charge in [0.25, 0.3) is 0 Å². The largest absolute Gasteiger partial charge is 0.462 e. The zero-order valence-corrected chi connectivity index (χ0v) is 11.0. The Morgan fingerprint density at radius 1 is 1.29 bits per heavy atom. The fourth-order valence-corrected chi connectivity index (χ4v) is 2.27. The van der Waals surface area contributed by atoms with Gasteiger partial charge in [-0.05, 0) is 26.7 Å². The number of aliphatic hydroxyl groups is 1. The van der Waals surface area contributed by atoms with Crippen LogP contribution in [0.3, 0.4) is 0 Å². The van der Waals surface area contributed by atoms with Crippen molar-refractivity contribution in [3.8, 4) is 0 Å². The zero-order valence-electron chi connectivity index (χ0n) is 11.0. The molecule has 0 radical (unpaired) electrons. The zero-order chi connectivity index (χ0) is 12.7. The van der Waals surface area contributed by atoms with E-state index in [1.807, 2.05) is 13.8 Å². The molecule has 4 heteroatoms. The van der Waals surface area contributed by atoms with Gasteiger partial charge in [-0.15, -0.1) is 0 Å². The second kappa shape index (κ2) is 6.97. The fraction of sp³-hybridized carbons (Fsp3) is 0.923. The van der Waals surface area contributed by atoms with E-state index in [0.717, 1.165) is 25.7 Å². The number of nitrogens with one attached hydrogen (secondary N) is 1. The predicted octanol–water partition coefficient (Wildman–Crippen LogP) is 1.61. The molecule has 0 aromatic rings. The van der Waals surface area contributed by atoms with Gasteiger partial charge in [-0.3, -0.25) is 4.79 Å². The standard InChI is InChI=1S/C13H25NO3/c1-11(2)17-12(15)9-14-10-13(16)7-5-3-4-6-8-13/h11,14,16H,3-10H2,1-2H3. The van der Waals surface area contributed by atoms with Gasteiger partial charge in [0.1, 0.15) is 0 Å². The number of hydrogen-bond donors (Lipinski definition) is 2. The second-order valence-electron chi connectivity index (χ2n) is 5.28. The summed E-state index contributed by atoms with van der Waals surface area (Å²) in [5.74, 6) is -0.253. The van der Waals surface area contributed by atoms with Gasteiger partial charge in [-0.1, -0.05) is 25.7 Å². The van der Waals surface area contributed by atoms with E-state index < -0.39 is 5.60 Å². The van der Waals surface area contributed by atoms with Crippen molar-refractivity contribution in [2.24, 2.45) is 0 Å². The summed E-state index contributed by atoms with van der Waals surface area (Å²) in [5.41, 5.74) is -0.630. The van der Waals surface area contributed by atoms with Crippen LogP contribution < -0.4 is 5.32 Å². The van der Waals surface area contributed by atoms with Crippen LogP contribution in [-0.4, -0.2) is 35.9 Å². The average Bonchev–Trinajstić information content (AvgIpc) is 2.42. The number of rotatable bonds is 5. The molecule has 0 saturated heterocycles. The first kappa shape index (κ1) is 14.5. The van der Waals surface area contributed by atoms with Gasteiger partial charge in [0.15, 0.2) is 0 Å². The SMILES string of the molecule is CC(C)OC(=O)CNCC1(O)CCCCCC1. The van der Waals surface area contributed by atoms with Gasteiger partial charge in [0, 0.05) is 6.54 Å². The smallest absolute Gasteiger partial charge is 0.320 e. The van der Waals surface area contributed by atoms with Crippen LogP contribution in [0.1, 0.15) is 52.4 Å². The third kappa shape index (κ3) is 6.03. The molecule has 1 saturated carbocycles. The highest BCUT2D eigenvalue weighted by molar-refractivity contribution is 5.71. The van der Waals surface area contributed by atoms with Gasteiger partial charge >= 0.3 is 5.97 Å². The fourth-order valence-electron chi connectivity index (χ4n) is 2.27. The van der Waals surface area contributed by atoms with E-state index in [-0.39, 0.29) is 18.6 Å². The van der Waals surface area contributed by atoms with Crippen molar-refractivity contribution in [3.63, 3.8) is 0 Å². The molecule has 0 bridgehead atoms. The molecule has 0 heterocycles. The molecule has 0 unspecified atom stereocenters. The minimum atomic E-state index is -0.630. The van der Waals surface area contributed by atoms with E-state index in [4.69, 9.17) is 4.74 Å². The van der Waals surface area contributed by atoms with Gasteiger partial charge in [0.05, 0.1) is 18.2 Å². The van der Waals surface area contributed by atoms with Gasteiger partial charge in [-0.25, -0.2) is 0 Å². The van der Waals surface area contributed by atoms with Gasteiger partial charge in [-0.2, -0.15) is 0 Å². The third-order valence-corrected chi connectivity index (χ3v) is 3.12. The first-order chi connectivity index (χ1) is 8.02. The van der Waals surface area contributed by atoms with E-state index in [2.05, 4.69) is 5.32 Å². The number of carbonyl (C=O) groups is 1. The highest BCUT2D eigenvalue weighted by Gasteiger charge is 2.27. The Bertz CT molecular complexity index is 233. The quantitative estimate of drug-likeness (QED) is 0.569. The van der Waals surface area contributed by atoms with Crippen molar-refractivity contribution in [1.82, 2.24) is 5.32 Å². The first-order valence-electron chi connectivity index (χ1n) is 6.64. The lowest BCUT2D eigenvalue weighted by atomic mass is 9.94. The van der Waals surface area contributed by atoms with Crippen LogP contribution >= 0.6 is 0 Å². The molecule has 0 aromatic carbocycles. The van der Waals surface area contributed by atoms with E-state index in [0.29, 0.717) is 6.54 Å². The highest BCUT2D eigenvalue weighted by atomic mass is 16.5. The third-order valence-electron chi connectivity index (χ3n) is 3.12. The Morgan fingerprint density at radius 2 is 1.88 bits per heavy atom. The van der Waals surface area contributed by atoms with Crippen LogP contribution in [0, 0.1) is 0 Å². The Morgan fingerprint density at radius 3 is 2.41 bits per heavy atom. The van der Waals surface area contributed by atoms with E-state index >= 15 is 0 Å². The first-order valence-corrected chi connectivity index (χ1v) is 6.64. The van der Waals surface area contributed by atoms with E-state index in [9.17, 15) is 9.90 Å². The Balaban J connectivity index is 2.22. The number of carbonyl (C=O) groups excluding carboxylic acids is 1. The summed E-state index contributed by atoms with van der Waals surface area (Å²) in [7, 11) is 0. The van der Waals surface area contributed by atoms with Gasteiger partial charge < -0.3 is 15.2 Å². The van der Waals surface area contributed by atoms with E-state index in [1.165, 1.54) is 12.8 Å². The molecule has 17 heavy (non-hydrogen) atoms. The number of esters is 1. The Labute approximate surface area is 104 Å². The molecule has 0 amide bonds. The summed E-state index contributed by atoms with van der Waals surface area (Å²) >= 11 is 0. The summed E-state index contributed by atoms with van der Waals surface area (Å²) in [4.78, 5) is 11.3. The van der Waals surface area contributed by atoms with Crippen LogP contribution in [0.15, 0.2) is 0 Å². The lowest BCUT2D eigenvalue weighted by Gasteiger charge is -2.26. The summed E-state index contributed by atoms with van der Waals surface area (Å²) in [6.45, 7) is 4.33. The molecule has 0 aromatic heterocycles. The van der Waals surface area contributed by atoms with Crippen LogP contribution in [0.2, 0.25) is 0 Å². The molecule has 4 nitrogen and oxygen atoms in total. The monoisotopic (exact) mass is 243 g/mol. The van der Waals surface area contributed by atoms with Gasteiger partial charge in [0.2, 0.25) is 0 Å². The number of ether oxygens (including phenoxy) is 1. The van der Waals surface area contributed by atoms with Crippen molar-refractivity contribution in [2.75, 3.05) is 13.1 Å². The van der Waals surface area contributed by atoms with Crippen molar-refractivity contribution in [1.29, 1.82) is 0 Å². The maximum Gasteiger partial charge on any atom is 0.320 e. The van der Waals surface area contributed by atoms with Crippen LogP contribution in [0.4, 0.5) is 0 Å². The van der Waals surface area contributed by atoms with Crippen molar-refractivity contribution >= 4 is 5.97 Å². The molecule has 1 fully saturated rings. The minimum absolute atomic E-state index is 0.0785. The average molecular weight is 243 g/mol. The number of hydrogen-bond acceptors (Lipinski definition) is 4. The van der Waals surface area contributed by atoms with E-state index in [1.54, 1.807) is 0 Å². The topological polar surface area (TPSA) is 58.6 Å². The molecule has 1 aliphatic carbocycles. The summed E-state index contributed by atoms with van der Waals surface area (Å²) in [6, 6.07) is 0. The molecule has 0 aliphatic heterocycles. The van der Waals surface area contributed by atoms with Crippen molar-refractivity contribution < 1.29 is 14.6 Å². The lowest BCUT2D eigenvalue weighted by Crippen LogP contribution is -2.42. The summed E-state index contributed by atoms with van der Waals surface area (Å²) in [5, 5.41) is 13.3. The maximum atomic E-state index is 11.3. The Hall–Kier alpha value is -0.610. The van der Waals surface area contributed by atoms with Crippen molar-refractivity contribution in [2.45, 2.75) is 64.1 Å². The minimum Gasteiger partial charge on any atom is -0.462 e. The lowest BCUT2D eigenvalue weighted by molar-refractivity contribution is -0.146. The molecular weight excluding hydrogens is 218 g/mol. The second-order valence-corrected chi connectivity index (χ2v) is 5.28. The molecular formula is C13H25NO3. The Kier molecular flexibility index (Phi) is 5.92. The van der Waals surface area contributed by atoms with Crippen LogP contribution in [-0.2, 0) is 9.53 Å². The molecule has 2 N–H and O–H groups in total. The molecule has 1 rings (SSSR count). The highest BCUT2D eigenvalue weighted by Crippen LogP contribution is 2.26. The molecule has 0 spiro atoms. The van der Waals surface area contributed by atoms with Crippen LogP contribution in [0.5, 0.6) is 0 Å². The summed E-state index contributed by atoms with van der Waals surface area (Å²) < 4.78 is 5.01. The molecule has 0 atom stereocenters. The van der Waals surface area contributed by atoms with Crippen molar-refractivity contribution in [3.05, 3.63) is 0 Å². The summed E-state index contributed by atoms with van der Waals surface area (Å²) in [6.07, 6.45) is 6.15. The predicted molar refractivity (Wildman–Crippen MR) is 66.7 cm³/mol. The normalized spacial score (nSPS) is 20.0. The molecule has 100 valence electrons.